The van der Waals surface area contributed by atoms with Crippen molar-refractivity contribution in [1.82, 2.24) is 0 Å². The molecule has 0 amide bonds. The van der Waals surface area contributed by atoms with Gasteiger partial charge >= 0.3 is 0 Å². The molecule has 0 aromatic rings. The van der Waals surface area contributed by atoms with E-state index >= 15 is 0 Å². The van der Waals surface area contributed by atoms with Gasteiger partial charge in [-0.1, -0.05) is 31.4 Å². The van der Waals surface area contributed by atoms with Crippen LogP contribution in [-0.2, 0) is 0 Å². The number of hydrogen-bond donors (Lipinski definition) is 0. The molecule has 0 aliphatic heterocycles. The molecule has 0 radical (unpaired) electrons. The zero-order valence-electron chi connectivity index (χ0n) is 6.99. The average Bonchev–Trinajstić information content (AvgIpc) is 1.99. The molecule has 3 heteroatoms. The van der Waals surface area contributed by atoms with Crippen LogP contribution in [0.3, 0.4) is 0 Å². The van der Waals surface area contributed by atoms with Crippen LogP contribution in [0.1, 0.15) is 6.92 Å². The second kappa shape index (κ2) is 5.07. The molecule has 0 saturated carbocycles. The Morgan fingerprint density at radius 3 is 2.17 bits per heavy atom. The number of allylic oxidation sites excluding steroid dienone is 5. The largest absolute Gasteiger partial charge is 0.272 e. The van der Waals surface area contributed by atoms with E-state index in [2.05, 4.69) is 13.2 Å². The molecule has 0 fully saturated rings. The summed E-state index contributed by atoms with van der Waals surface area (Å²) >= 11 is 0. The quantitative estimate of drug-likeness (QED) is 0.365. The van der Waals surface area contributed by atoms with Gasteiger partial charge in [0.2, 0.25) is 0 Å². The van der Waals surface area contributed by atoms with Gasteiger partial charge in [0.15, 0.2) is 0 Å². The lowest BCUT2D eigenvalue weighted by Gasteiger charge is -1.94. The Hall–Kier alpha value is -1.64. The normalized spacial score (nSPS) is 12.4. The van der Waals surface area contributed by atoms with Crippen LogP contribution in [0.4, 0.5) is 0 Å². The van der Waals surface area contributed by atoms with Crippen molar-refractivity contribution in [3.63, 3.8) is 0 Å². The fourth-order valence-electron chi connectivity index (χ4n) is 0.710. The third-order valence-electron chi connectivity index (χ3n) is 1.24. The van der Waals surface area contributed by atoms with E-state index in [1.807, 2.05) is 0 Å². The Labute approximate surface area is 71.6 Å². The predicted octanol–water partition coefficient (Wildman–Crippen LogP) is 2.47. The number of rotatable bonds is 4. The van der Waals surface area contributed by atoms with Gasteiger partial charge < -0.3 is 0 Å². The Kier molecular flexibility index (Phi) is 4.38. The van der Waals surface area contributed by atoms with Crippen molar-refractivity contribution < 1.29 is 4.92 Å². The van der Waals surface area contributed by atoms with Crippen LogP contribution < -0.4 is 0 Å². The maximum atomic E-state index is 10.4. The molecule has 0 aromatic heterocycles. The van der Waals surface area contributed by atoms with Gasteiger partial charge in [-0.05, 0) is 6.92 Å². The molecule has 0 bridgehead atoms. The zero-order valence-corrected chi connectivity index (χ0v) is 6.99. The van der Waals surface area contributed by atoms with E-state index in [0.717, 1.165) is 0 Å². The molecule has 0 aliphatic carbocycles. The SMILES string of the molecule is C=C/C=C(C)\C(=C/C=C)[N+](=O)[O-]. The Morgan fingerprint density at radius 1 is 1.33 bits per heavy atom. The van der Waals surface area contributed by atoms with Crippen LogP contribution in [0.15, 0.2) is 48.7 Å². The van der Waals surface area contributed by atoms with Crippen molar-refractivity contribution in [3.05, 3.63) is 58.8 Å². The topological polar surface area (TPSA) is 43.1 Å². The van der Waals surface area contributed by atoms with Crippen molar-refractivity contribution in [1.29, 1.82) is 0 Å². The van der Waals surface area contributed by atoms with Crippen LogP contribution in [-0.4, -0.2) is 4.92 Å². The first kappa shape index (κ1) is 10.4. The summed E-state index contributed by atoms with van der Waals surface area (Å²) < 4.78 is 0. The molecule has 0 N–H and O–H groups in total. The zero-order chi connectivity index (χ0) is 9.56. The van der Waals surface area contributed by atoms with E-state index in [-0.39, 0.29) is 5.70 Å². The maximum Gasteiger partial charge on any atom is 0.272 e. The van der Waals surface area contributed by atoms with Gasteiger partial charge in [-0.3, -0.25) is 10.1 Å². The molecule has 0 atom stereocenters. The number of nitro groups is 1. The predicted molar refractivity (Wildman–Crippen MR) is 49.2 cm³/mol. The van der Waals surface area contributed by atoms with E-state index in [0.29, 0.717) is 5.57 Å². The summed E-state index contributed by atoms with van der Waals surface area (Å²) in [6, 6.07) is 0. The lowest BCUT2D eigenvalue weighted by Crippen LogP contribution is -1.99. The summed E-state index contributed by atoms with van der Waals surface area (Å²) in [6.45, 7) is 8.49. The second-order valence-corrected chi connectivity index (χ2v) is 2.13. The van der Waals surface area contributed by atoms with Crippen molar-refractivity contribution in [2.75, 3.05) is 0 Å². The molecular formula is C9H11NO2. The summed E-state index contributed by atoms with van der Waals surface area (Å²) in [5, 5.41) is 10.4. The highest BCUT2D eigenvalue weighted by Crippen LogP contribution is 2.09. The molecular weight excluding hydrogens is 154 g/mol. The lowest BCUT2D eigenvalue weighted by atomic mass is 10.2. The minimum atomic E-state index is -0.447. The standard InChI is InChI=1S/C9H11NO2/c1-4-6-8(3)9(7-5-2)10(11)12/h4-7H,1-2H2,3H3/b8-6-,9-7+. The van der Waals surface area contributed by atoms with Gasteiger partial charge in [0.25, 0.3) is 5.70 Å². The molecule has 3 nitrogen and oxygen atoms in total. The van der Waals surface area contributed by atoms with Crippen molar-refractivity contribution in [3.8, 4) is 0 Å². The summed E-state index contributed by atoms with van der Waals surface area (Å²) in [6.07, 6.45) is 5.84. The third kappa shape index (κ3) is 2.96. The van der Waals surface area contributed by atoms with Crippen LogP contribution in [0, 0.1) is 10.1 Å². The highest BCUT2D eigenvalue weighted by atomic mass is 16.6. The second-order valence-electron chi connectivity index (χ2n) is 2.13. The smallest absolute Gasteiger partial charge is 0.258 e. The van der Waals surface area contributed by atoms with Gasteiger partial charge in [-0.25, -0.2) is 0 Å². The van der Waals surface area contributed by atoms with Crippen LogP contribution >= 0.6 is 0 Å². The van der Waals surface area contributed by atoms with Crippen molar-refractivity contribution in [2.24, 2.45) is 0 Å². The average molecular weight is 165 g/mol. The first-order valence-corrected chi connectivity index (χ1v) is 3.40. The first-order chi connectivity index (χ1) is 5.63. The molecule has 0 spiro atoms. The van der Waals surface area contributed by atoms with Crippen LogP contribution in [0.5, 0.6) is 0 Å². The van der Waals surface area contributed by atoms with Crippen molar-refractivity contribution >= 4 is 0 Å². The summed E-state index contributed by atoms with van der Waals surface area (Å²) in [5.41, 5.74) is 0.611. The van der Waals surface area contributed by atoms with E-state index < -0.39 is 4.92 Å². The van der Waals surface area contributed by atoms with Gasteiger partial charge in [0.1, 0.15) is 0 Å². The molecule has 12 heavy (non-hydrogen) atoms. The fourth-order valence-corrected chi connectivity index (χ4v) is 0.710. The van der Waals surface area contributed by atoms with E-state index in [9.17, 15) is 10.1 Å². The van der Waals surface area contributed by atoms with E-state index in [1.165, 1.54) is 18.2 Å². The maximum absolute atomic E-state index is 10.4. The minimum absolute atomic E-state index is 0.0462. The Balaban J connectivity index is 4.87. The van der Waals surface area contributed by atoms with E-state index in [4.69, 9.17) is 0 Å². The fraction of sp³-hybridized carbons (Fsp3) is 0.111. The molecule has 64 valence electrons. The van der Waals surface area contributed by atoms with Crippen molar-refractivity contribution in [2.45, 2.75) is 6.92 Å². The third-order valence-corrected chi connectivity index (χ3v) is 1.24. The Bertz CT molecular complexity index is 262. The van der Waals surface area contributed by atoms with Gasteiger partial charge in [-0.15, -0.1) is 0 Å². The van der Waals surface area contributed by atoms with E-state index in [1.54, 1.807) is 13.0 Å². The highest BCUT2D eigenvalue weighted by molar-refractivity contribution is 5.28. The summed E-state index contributed by atoms with van der Waals surface area (Å²) in [5.74, 6) is 0. The monoisotopic (exact) mass is 165 g/mol. The van der Waals surface area contributed by atoms with Gasteiger partial charge in [0.05, 0.1) is 4.92 Å². The molecule has 0 unspecified atom stereocenters. The molecule has 0 heterocycles. The van der Waals surface area contributed by atoms with Gasteiger partial charge in [-0.2, -0.15) is 0 Å². The lowest BCUT2D eigenvalue weighted by molar-refractivity contribution is -0.420. The Morgan fingerprint density at radius 2 is 1.83 bits per heavy atom. The van der Waals surface area contributed by atoms with Crippen LogP contribution in [0.25, 0.3) is 0 Å². The summed E-state index contributed by atoms with van der Waals surface area (Å²) in [7, 11) is 0. The molecule has 0 aromatic carbocycles. The highest BCUT2D eigenvalue weighted by Gasteiger charge is 2.10. The number of hydrogen-bond acceptors (Lipinski definition) is 2. The molecule has 0 rings (SSSR count). The molecule has 0 saturated heterocycles. The van der Waals surface area contributed by atoms with Gasteiger partial charge in [0, 0.05) is 11.6 Å². The summed E-state index contributed by atoms with van der Waals surface area (Å²) in [4.78, 5) is 9.97. The first-order valence-electron chi connectivity index (χ1n) is 3.40. The number of nitrogens with zero attached hydrogens (tertiary/aromatic N) is 1. The molecule has 0 aliphatic rings. The minimum Gasteiger partial charge on any atom is -0.258 e. The van der Waals surface area contributed by atoms with Crippen LogP contribution in [0.2, 0.25) is 0 Å².